The van der Waals surface area contributed by atoms with Gasteiger partial charge in [-0.15, -0.1) is 10.2 Å². The van der Waals surface area contributed by atoms with Gasteiger partial charge in [-0.25, -0.2) is 10.2 Å². The highest BCUT2D eigenvalue weighted by molar-refractivity contribution is 7.18. The number of hydrogen-bond donors (Lipinski definition) is 2. The normalized spacial score (nSPS) is 10.6. The molecule has 0 unspecified atom stereocenters. The summed E-state index contributed by atoms with van der Waals surface area (Å²) < 4.78 is 11.0. The van der Waals surface area contributed by atoms with Crippen LogP contribution in [0.2, 0.25) is 0 Å². The minimum Gasteiger partial charge on any atom is -0.490 e. The number of ether oxygens (including phenoxy) is 2. The summed E-state index contributed by atoms with van der Waals surface area (Å²) in [7, 11) is 0. The SMILES string of the molecule is CCOc1cc(/C=N/NC(=O)C(=O)Nc2nnc(-c3ccccc3)s2)ccc1OC(=O)c1ccccc1. The monoisotopic (exact) mass is 515 g/mol. The Morgan fingerprint density at radius 3 is 2.38 bits per heavy atom. The predicted molar refractivity (Wildman–Crippen MR) is 139 cm³/mol. The van der Waals surface area contributed by atoms with Gasteiger partial charge in [-0.2, -0.15) is 5.10 Å². The van der Waals surface area contributed by atoms with Crippen LogP contribution in [0.5, 0.6) is 11.5 Å². The first kappa shape index (κ1) is 25.2. The van der Waals surface area contributed by atoms with Crippen molar-refractivity contribution in [3.8, 4) is 22.1 Å². The molecule has 1 aromatic heterocycles. The van der Waals surface area contributed by atoms with Gasteiger partial charge in [0.15, 0.2) is 11.5 Å². The quantitative estimate of drug-likeness (QED) is 0.120. The van der Waals surface area contributed by atoms with Gasteiger partial charge in [0, 0.05) is 5.56 Å². The average Bonchev–Trinajstić information content (AvgIpc) is 3.39. The number of nitrogens with one attached hydrogen (secondary N) is 2. The molecule has 0 saturated carbocycles. The predicted octanol–water partition coefficient (Wildman–Crippen LogP) is 3.91. The molecule has 0 bridgehead atoms. The maximum absolute atomic E-state index is 12.4. The van der Waals surface area contributed by atoms with Gasteiger partial charge in [0.2, 0.25) is 5.13 Å². The molecule has 186 valence electrons. The summed E-state index contributed by atoms with van der Waals surface area (Å²) in [5, 5.41) is 14.9. The maximum atomic E-state index is 12.4. The number of nitrogens with zero attached hydrogens (tertiary/aromatic N) is 3. The fraction of sp³-hybridized carbons (Fsp3) is 0.0769. The van der Waals surface area contributed by atoms with Crippen LogP contribution in [0, 0.1) is 0 Å². The van der Waals surface area contributed by atoms with E-state index in [4.69, 9.17) is 9.47 Å². The third-order valence-electron chi connectivity index (χ3n) is 4.73. The zero-order valence-corrected chi connectivity index (χ0v) is 20.4. The Labute approximate surface area is 216 Å². The Hall–Kier alpha value is -4.90. The lowest BCUT2D eigenvalue weighted by Crippen LogP contribution is -2.32. The Morgan fingerprint density at radius 1 is 0.919 bits per heavy atom. The summed E-state index contributed by atoms with van der Waals surface area (Å²) in [4.78, 5) is 36.7. The van der Waals surface area contributed by atoms with Crippen molar-refractivity contribution >= 4 is 40.5 Å². The number of benzene rings is 3. The van der Waals surface area contributed by atoms with Crippen molar-refractivity contribution in [1.82, 2.24) is 15.6 Å². The Bertz CT molecular complexity index is 1420. The number of carbonyl (C=O) groups excluding carboxylic acids is 3. The van der Waals surface area contributed by atoms with Gasteiger partial charge >= 0.3 is 17.8 Å². The van der Waals surface area contributed by atoms with E-state index < -0.39 is 17.8 Å². The molecule has 1 heterocycles. The van der Waals surface area contributed by atoms with Crippen molar-refractivity contribution in [1.29, 1.82) is 0 Å². The summed E-state index contributed by atoms with van der Waals surface area (Å²) in [6.07, 6.45) is 1.33. The molecule has 10 nitrogen and oxygen atoms in total. The van der Waals surface area contributed by atoms with Gasteiger partial charge in [0.25, 0.3) is 0 Å². The molecule has 0 aliphatic carbocycles. The second-order valence-corrected chi connectivity index (χ2v) is 8.30. The van der Waals surface area contributed by atoms with Crippen molar-refractivity contribution in [3.63, 3.8) is 0 Å². The van der Waals surface area contributed by atoms with Crippen LogP contribution in [0.15, 0.2) is 84.0 Å². The van der Waals surface area contributed by atoms with Crippen LogP contribution < -0.4 is 20.2 Å². The average molecular weight is 516 g/mol. The van der Waals surface area contributed by atoms with E-state index in [2.05, 4.69) is 26.0 Å². The fourth-order valence-corrected chi connectivity index (χ4v) is 3.78. The van der Waals surface area contributed by atoms with E-state index in [9.17, 15) is 14.4 Å². The zero-order valence-electron chi connectivity index (χ0n) is 19.6. The summed E-state index contributed by atoms with van der Waals surface area (Å²) in [5.74, 6) is -1.88. The molecule has 0 aliphatic heterocycles. The molecule has 0 spiro atoms. The summed E-state index contributed by atoms with van der Waals surface area (Å²) >= 11 is 1.14. The highest BCUT2D eigenvalue weighted by atomic mass is 32.1. The third kappa shape index (κ3) is 6.83. The number of hydrogen-bond acceptors (Lipinski definition) is 9. The van der Waals surface area contributed by atoms with Gasteiger partial charge < -0.3 is 9.47 Å². The summed E-state index contributed by atoms with van der Waals surface area (Å²) in [5.41, 5.74) is 3.95. The lowest BCUT2D eigenvalue weighted by molar-refractivity contribution is -0.136. The highest BCUT2D eigenvalue weighted by Crippen LogP contribution is 2.29. The molecule has 0 aliphatic rings. The van der Waals surface area contributed by atoms with Crippen LogP contribution in [0.25, 0.3) is 10.6 Å². The fourth-order valence-electron chi connectivity index (χ4n) is 3.03. The molecule has 0 atom stereocenters. The second kappa shape index (κ2) is 12.2. The molecule has 3 aromatic carbocycles. The van der Waals surface area contributed by atoms with E-state index in [1.807, 2.05) is 30.3 Å². The van der Waals surface area contributed by atoms with Crippen molar-refractivity contribution < 1.29 is 23.9 Å². The van der Waals surface area contributed by atoms with Gasteiger partial charge in [-0.3, -0.25) is 14.9 Å². The van der Waals surface area contributed by atoms with Crippen LogP contribution >= 0.6 is 11.3 Å². The molecule has 11 heteroatoms. The number of rotatable bonds is 8. The number of esters is 1. The smallest absolute Gasteiger partial charge is 0.343 e. The van der Waals surface area contributed by atoms with E-state index in [0.717, 1.165) is 16.9 Å². The Kier molecular flexibility index (Phi) is 8.29. The van der Waals surface area contributed by atoms with Gasteiger partial charge in [0.05, 0.1) is 18.4 Å². The summed E-state index contributed by atoms with van der Waals surface area (Å²) in [6, 6.07) is 22.7. The number of anilines is 1. The lowest BCUT2D eigenvalue weighted by atomic mass is 10.2. The molecule has 0 fully saturated rings. The van der Waals surface area contributed by atoms with Gasteiger partial charge in [-0.05, 0) is 42.8 Å². The molecule has 2 N–H and O–H groups in total. The zero-order chi connectivity index (χ0) is 26.0. The standard InChI is InChI=1S/C26H21N5O5S/c1-2-35-21-15-17(13-14-20(21)36-25(34)19-11-7-4-8-12-19)16-27-29-23(33)22(32)28-26-31-30-24(37-26)18-9-5-3-6-10-18/h3-16H,2H2,1H3,(H,29,33)(H,28,31,32)/b27-16+. The molecule has 4 rings (SSSR count). The Morgan fingerprint density at radius 2 is 1.65 bits per heavy atom. The minimum absolute atomic E-state index is 0.185. The van der Waals surface area contributed by atoms with E-state index in [0.29, 0.717) is 28.5 Å². The first-order valence-electron chi connectivity index (χ1n) is 11.1. The van der Waals surface area contributed by atoms with Crippen molar-refractivity contribution in [3.05, 3.63) is 90.0 Å². The minimum atomic E-state index is -0.980. The van der Waals surface area contributed by atoms with Gasteiger partial charge in [0.1, 0.15) is 5.01 Å². The first-order valence-corrected chi connectivity index (χ1v) is 11.9. The molecule has 0 saturated heterocycles. The molecule has 0 radical (unpaired) electrons. The van der Waals surface area contributed by atoms with E-state index in [1.54, 1.807) is 55.5 Å². The van der Waals surface area contributed by atoms with Crippen molar-refractivity contribution in [2.24, 2.45) is 5.10 Å². The lowest BCUT2D eigenvalue weighted by Gasteiger charge is -2.11. The third-order valence-corrected chi connectivity index (χ3v) is 5.62. The van der Waals surface area contributed by atoms with Crippen molar-refractivity contribution in [2.45, 2.75) is 6.92 Å². The number of carbonyl (C=O) groups is 3. The molecule has 4 aromatic rings. The first-order chi connectivity index (χ1) is 18.0. The molecule has 37 heavy (non-hydrogen) atoms. The Balaban J connectivity index is 1.35. The van der Waals surface area contributed by atoms with Crippen LogP contribution in [0.1, 0.15) is 22.8 Å². The molecule has 2 amide bonds. The number of aromatic nitrogens is 2. The van der Waals surface area contributed by atoms with Crippen LogP contribution in [-0.4, -0.2) is 40.8 Å². The largest absolute Gasteiger partial charge is 0.490 e. The van der Waals surface area contributed by atoms with Crippen molar-refractivity contribution in [2.75, 3.05) is 11.9 Å². The van der Waals surface area contributed by atoms with E-state index >= 15 is 0 Å². The number of amides is 2. The van der Waals surface area contributed by atoms with Crippen LogP contribution in [0.3, 0.4) is 0 Å². The molecular formula is C26H21N5O5S. The van der Waals surface area contributed by atoms with E-state index in [-0.39, 0.29) is 10.9 Å². The van der Waals surface area contributed by atoms with Crippen LogP contribution in [0.4, 0.5) is 5.13 Å². The number of hydrazone groups is 1. The van der Waals surface area contributed by atoms with Gasteiger partial charge in [-0.1, -0.05) is 59.9 Å². The van der Waals surface area contributed by atoms with Crippen LogP contribution in [-0.2, 0) is 9.59 Å². The molecular weight excluding hydrogens is 494 g/mol. The second-order valence-electron chi connectivity index (χ2n) is 7.33. The maximum Gasteiger partial charge on any atom is 0.343 e. The van der Waals surface area contributed by atoms with E-state index in [1.165, 1.54) is 6.21 Å². The topological polar surface area (TPSA) is 132 Å². The summed E-state index contributed by atoms with van der Waals surface area (Å²) in [6.45, 7) is 2.13. The highest BCUT2D eigenvalue weighted by Gasteiger charge is 2.16.